The lowest BCUT2D eigenvalue weighted by molar-refractivity contribution is -0.137. The molecule has 2 heterocycles. The van der Waals surface area contributed by atoms with Crippen molar-refractivity contribution < 1.29 is 14.3 Å². The first-order valence-electron chi connectivity index (χ1n) is 11.3. The number of thioether (sulfide) groups is 1. The molecule has 7 nitrogen and oxygen atoms in total. The zero-order valence-corrected chi connectivity index (χ0v) is 20.7. The monoisotopic (exact) mass is 496 g/mol. The summed E-state index contributed by atoms with van der Waals surface area (Å²) in [6, 6.07) is 18.5. The number of likely N-dealkylation sites (tertiary alicyclic amines) is 1. The van der Waals surface area contributed by atoms with Gasteiger partial charge in [0.1, 0.15) is 0 Å². The molecular weight excluding hydrogens is 468 g/mol. The van der Waals surface area contributed by atoms with Gasteiger partial charge in [-0.25, -0.2) is 0 Å². The number of esters is 1. The van der Waals surface area contributed by atoms with Crippen LogP contribution in [-0.4, -0.2) is 52.9 Å². The average molecular weight is 497 g/mol. The highest BCUT2D eigenvalue weighted by Gasteiger charge is 2.20. The van der Waals surface area contributed by atoms with Gasteiger partial charge in [-0.05, 0) is 61.5 Å². The molecule has 0 aliphatic carbocycles. The smallest absolute Gasteiger partial charge is 0.316 e. The fraction of sp³-hybridized carbons (Fsp3) is 0.360. The lowest BCUT2D eigenvalue weighted by Crippen LogP contribution is -2.33. The predicted octanol–water partition coefficient (Wildman–Crippen LogP) is 4.51. The van der Waals surface area contributed by atoms with E-state index in [1.807, 2.05) is 24.3 Å². The number of benzene rings is 2. The van der Waals surface area contributed by atoms with Gasteiger partial charge in [0, 0.05) is 12.1 Å². The van der Waals surface area contributed by atoms with Gasteiger partial charge in [-0.2, -0.15) is 0 Å². The molecular formula is C25H28N4O3S2. The van der Waals surface area contributed by atoms with Crippen molar-refractivity contribution in [2.45, 2.75) is 30.1 Å². The summed E-state index contributed by atoms with van der Waals surface area (Å²) >= 11 is 2.46. The molecule has 9 heteroatoms. The van der Waals surface area contributed by atoms with Gasteiger partial charge in [0.05, 0.1) is 12.9 Å². The maximum absolute atomic E-state index is 12.6. The highest BCUT2D eigenvalue weighted by atomic mass is 32.2. The summed E-state index contributed by atoms with van der Waals surface area (Å²) in [6.07, 6.45) is 3.60. The second-order valence-corrected chi connectivity index (χ2v) is 10.5. The van der Waals surface area contributed by atoms with Gasteiger partial charge in [-0.15, -0.1) is 10.2 Å². The maximum Gasteiger partial charge on any atom is 0.316 e. The first kappa shape index (κ1) is 24.4. The number of amides is 1. The second-order valence-electron chi connectivity index (χ2n) is 8.30. The van der Waals surface area contributed by atoms with Gasteiger partial charge in [0.2, 0.25) is 5.13 Å². The molecule has 1 aliphatic heterocycles. The second kappa shape index (κ2) is 12.1. The molecule has 4 rings (SSSR count). The summed E-state index contributed by atoms with van der Waals surface area (Å²) in [5.41, 5.74) is 3.21. The van der Waals surface area contributed by atoms with Crippen LogP contribution in [0.25, 0.3) is 0 Å². The SMILES string of the molecule is COC(=O)CSc1nnc(NC(=O)c2ccc(CN3CCC(Cc4ccccc4)CC3)cc2)s1. The first-order valence-corrected chi connectivity index (χ1v) is 13.1. The maximum atomic E-state index is 12.6. The van der Waals surface area contributed by atoms with Crippen LogP contribution in [0.15, 0.2) is 58.9 Å². The van der Waals surface area contributed by atoms with Crippen molar-refractivity contribution in [2.75, 3.05) is 31.3 Å². The van der Waals surface area contributed by atoms with Crippen molar-refractivity contribution in [1.29, 1.82) is 0 Å². The minimum absolute atomic E-state index is 0.158. The van der Waals surface area contributed by atoms with Gasteiger partial charge < -0.3 is 4.74 Å². The molecule has 1 saturated heterocycles. The molecule has 1 aliphatic rings. The molecule has 0 saturated carbocycles. The largest absolute Gasteiger partial charge is 0.468 e. The van der Waals surface area contributed by atoms with Gasteiger partial charge >= 0.3 is 5.97 Å². The van der Waals surface area contributed by atoms with Crippen LogP contribution in [0.3, 0.4) is 0 Å². The van der Waals surface area contributed by atoms with Gasteiger partial charge in [0.15, 0.2) is 4.34 Å². The van der Waals surface area contributed by atoms with E-state index in [1.54, 1.807) is 0 Å². The van der Waals surface area contributed by atoms with Crippen LogP contribution in [0, 0.1) is 5.92 Å². The topological polar surface area (TPSA) is 84.4 Å². The Balaban J connectivity index is 1.22. The van der Waals surface area contributed by atoms with E-state index in [1.165, 1.54) is 60.6 Å². The fourth-order valence-corrected chi connectivity index (χ4v) is 5.56. The molecule has 0 bridgehead atoms. The average Bonchev–Trinajstić information content (AvgIpc) is 3.32. The molecule has 2 aromatic carbocycles. The number of rotatable bonds is 9. The lowest BCUT2D eigenvalue weighted by atomic mass is 9.90. The Morgan fingerprint density at radius 3 is 2.50 bits per heavy atom. The Kier molecular flexibility index (Phi) is 8.67. The van der Waals surface area contributed by atoms with Crippen LogP contribution in [0.5, 0.6) is 0 Å². The third-order valence-electron chi connectivity index (χ3n) is 5.86. The molecule has 0 atom stereocenters. The van der Waals surface area contributed by atoms with Gasteiger partial charge in [-0.3, -0.25) is 19.8 Å². The number of nitrogens with one attached hydrogen (secondary N) is 1. The van der Waals surface area contributed by atoms with Crippen LogP contribution in [0.2, 0.25) is 0 Å². The molecule has 178 valence electrons. The number of hydrogen-bond donors (Lipinski definition) is 1. The highest BCUT2D eigenvalue weighted by molar-refractivity contribution is 8.01. The summed E-state index contributed by atoms with van der Waals surface area (Å²) in [5, 5.41) is 11.1. The van der Waals surface area contributed by atoms with Crippen LogP contribution < -0.4 is 5.32 Å². The van der Waals surface area contributed by atoms with E-state index >= 15 is 0 Å². The molecule has 3 aromatic rings. The number of ether oxygens (including phenoxy) is 1. The normalized spacial score (nSPS) is 14.6. The zero-order valence-electron chi connectivity index (χ0n) is 19.1. The molecule has 0 radical (unpaired) electrons. The minimum atomic E-state index is -0.331. The Morgan fingerprint density at radius 1 is 1.06 bits per heavy atom. The van der Waals surface area contributed by atoms with Crippen molar-refractivity contribution in [3.05, 3.63) is 71.3 Å². The third kappa shape index (κ3) is 7.12. The number of carbonyl (C=O) groups is 2. The van der Waals surface area contributed by atoms with E-state index in [0.29, 0.717) is 15.0 Å². The Bertz CT molecular complexity index is 1080. The van der Waals surface area contributed by atoms with Crippen LogP contribution in [-0.2, 0) is 22.5 Å². The molecule has 1 aromatic heterocycles. The van der Waals surface area contributed by atoms with Crippen molar-refractivity contribution in [1.82, 2.24) is 15.1 Å². The number of carbonyl (C=O) groups excluding carboxylic acids is 2. The molecule has 1 amide bonds. The number of aromatic nitrogens is 2. The van der Waals surface area contributed by atoms with E-state index in [9.17, 15) is 9.59 Å². The zero-order chi connectivity index (χ0) is 23.8. The molecule has 1 fully saturated rings. The van der Waals surface area contributed by atoms with Crippen molar-refractivity contribution >= 4 is 40.1 Å². The standard InChI is InChI=1S/C25H28N4O3S2/c1-32-22(30)17-33-25-28-27-24(34-25)26-23(31)21-9-7-20(8-10-21)16-29-13-11-19(12-14-29)15-18-5-3-2-4-6-18/h2-10,19H,11-17H2,1H3,(H,26,27,31). The van der Waals surface area contributed by atoms with E-state index in [2.05, 4.69) is 55.5 Å². The predicted molar refractivity (Wildman–Crippen MR) is 135 cm³/mol. The molecule has 1 N–H and O–H groups in total. The van der Waals surface area contributed by atoms with Crippen LogP contribution in [0.4, 0.5) is 5.13 Å². The van der Waals surface area contributed by atoms with Crippen molar-refractivity contribution in [3.63, 3.8) is 0 Å². The van der Waals surface area contributed by atoms with E-state index in [-0.39, 0.29) is 17.6 Å². The summed E-state index contributed by atoms with van der Waals surface area (Å²) in [7, 11) is 1.34. The number of nitrogens with zero attached hydrogens (tertiary/aromatic N) is 3. The number of hydrogen-bond acceptors (Lipinski definition) is 8. The quantitative estimate of drug-likeness (QED) is 0.265. The van der Waals surface area contributed by atoms with E-state index in [4.69, 9.17) is 0 Å². The number of methoxy groups -OCH3 is 1. The summed E-state index contributed by atoms with van der Waals surface area (Å²) in [5.74, 6) is 0.353. The summed E-state index contributed by atoms with van der Waals surface area (Å²) < 4.78 is 5.21. The lowest BCUT2D eigenvalue weighted by Gasteiger charge is -2.32. The third-order valence-corrected chi connectivity index (χ3v) is 7.81. The van der Waals surface area contributed by atoms with Gasteiger partial charge in [0.25, 0.3) is 5.91 Å². The minimum Gasteiger partial charge on any atom is -0.468 e. The van der Waals surface area contributed by atoms with E-state index < -0.39 is 0 Å². The molecule has 34 heavy (non-hydrogen) atoms. The Morgan fingerprint density at radius 2 is 1.79 bits per heavy atom. The fourth-order valence-electron chi connectivity index (χ4n) is 3.98. The van der Waals surface area contributed by atoms with Crippen LogP contribution in [0.1, 0.15) is 34.3 Å². The van der Waals surface area contributed by atoms with Crippen molar-refractivity contribution in [2.24, 2.45) is 5.92 Å². The van der Waals surface area contributed by atoms with Gasteiger partial charge in [-0.1, -0.05) is 65.6 Å². The Hall–Kier alpha value is -2.75. The number of piperidine rings is 1. The van der Waals surface area contributed by atoms with E-state index in [0.717, 1.165) is 25.6 Å². The Labute approximate surface area is 207 Å². The summed E-state index contributed by atoms with van der Waals surface area (Å²) in [4.78, 5) is 26.3. The van der Waals surface area contributed by atoms with Crippen molar-refractivity contribution in [3.8, 4) is 0 Å². The molecule has 0 unspecified atom stereocenters. The number of anilines is 1. The van der Waals surface area contributed by atoms with Crippen LogP contribution >= 0.6 is 23.1 Å². The highest BCUT2D eigenvalue weighted by Crippen LogP contribution is 2.26. The first-order chi connectivity index (χ1) is 16.6. The molecule has 0 spiro atoms. The summed E-state index contributed by atoms with van der Waals surface area (Å²) in [6.45, 7) is 3.11.